The van der Waals surface area contributed by atoms with Crippen molar-refractivity contribution in [1.82, 2.24) is 5.32 Å². The van der Waals surface area contributed by atoms with Crippen LogP contribution in [0.2, 0.25) is 0 Å². The zero-order valence-corrected chi connectivity index (χ0v) is 14.8. The van der Waals surface area contributed by atoms with E-state index in [9.17, 15) is 9.59 Å². The molecule has 0 aliphatic heterocycles. The van der Waals surface area contributed by atoms with Crippen molar-refractivity contribution in [2.45, 2.75) is 46.3 Å². The molecule has 25 heavy (non-hydrogen) atoms. The highest BCUT2D eigenvalue weighted by molar-refractivity contribution is 5.88. The molecule has 0 saturated heterocycles. The first-order valence-electron chi connectivity index (χ1n) is 8.15. The second-order valence-corrected chi connectivity index (χ2v) is 6.19. The van der Waals surface area contributed by atoms with E-state index >= 15 is 0 Å². The zero-order valence-electron chi connectivity index (χ0n) is 14.8. The van der Waals surface area contributed by atoms with Crippen LogP contribution in [0, 0.1) is 6.92 Å². The Labute approximate surface area is 146 Å². The summed E-state index contributed by atoms with van der Waals surface area (Å²) in [6, 6.07) is 9.06. The first-order chi connectivity index (χ1) is 11.8. The van der Waals surface area contributed by atoms with Crippen molar-refractivity contribution in [2.24, 2.45) is 0 Å². The third-order valence-corrected chi connectivity index (χ3v) is 3.84. The summed E-state index contributed by atoms with van der Waals surface area (Å²) < 4.78 is 11.0. The van der Waals surface area contributed by atoms with Crippen LogP contribution < -0.4 is 10.1 Å². The molecule has 2 aromatic rings. The summed E-state index contributed by atoms with van der Waals surface area (Å²) in [7, 11) is 0. The molecule has 1 amide bonds. The number of carboxylic acids is 1. The van der Waals surface area contributed by atoms with Crippen LogP contribution in [0.3, 0.4) is 0 Å². The number of nitrogens with one attached hydrogen (secondary N) is 1. The number of rotatable bonds is 7. The number of amides is 1. The van der Waals surface area contributed by atoms with Crippen molar-refractivity contribution in [3.05, 3.63) is 53.0 Å². The fourth-order valence-corrected chi connectivity index (χ4v) is 2.37. The van der Waals surface area contributed by atoms with E-state index in [1.807, 2.05) is 24.3 Å². The predicted molar refractivity (Wildman–Crippen MR) is 92.9 cm³/mol. The number of furan rings is 1. The van der Waals surface area contributed by atoms with Gasteiger partial charge in [-0.15, -0.1) is 0 Å². The summed E-state index contributed by atoms with van der Waals surface area (Å²) in [4.78, 5) is 23.2. The number of aromatic carboxylic acids is 1. The molecular formula is C19H23NO5. The van der Waals surface area contributed by atoms with Gasteiger partial charge in [0.2, 0.25) is 0 Å². The lowest BCUT2D eigenvalue weighted by Gasteiger charge is -2.15. The van der Waals surface area contributed by atoms with E-state index in [1.54, 1.807) is 13.8 Å². The standard InChI is InChI=1S/C19H23NO5/c1-11(2)14-6-5-7-15(8-14)25-13(4)18(21)20-10-16-9-17(19(22)23)12(3)24-16/h5-9,11,13H,10H2,1-4H3,(H,20,21)(H,22,23). The Morgan fingerprint density at radius 2 is 1.96 bits per heavy atom. The number of carbonyl (C=O) groups is 2. The number of benzene rings is 1. The Morgan fingerprint density at radius 1 is 1.24 bits per heavy atom. The summed E-state index contributed by atoms with van der Waals surface area (Å²) in [5.74, 6) is 0.347. The van der Waals surface area contributed by atoms with Gasteiger partial charge in [-0.2, -0.15) is 0 Å². The van der Waals surface area contributed by atoms with E-state index in [0.29, 0.717) is 23.2 Å². The van der Waals surface area contributed by atoms with E-state index in [4.69, 9.17) is 14.3 Å². The maximum atomic E-state index is 12.2. The normalized spacial score (nSPS) is 12.0. The third kappa shape index (κ3) is 4.86. The molecule has 0 radical (unpaired) electrons. The summed E-state index contributed by atoms with van der Waals surface area (Å²) in [6.07, 6.45) is -0.683. The Bertz CT molecular complexity index is 763. The number of hydrogen-bond acceptors (Lipinski definition) is 4. The quantitative estimate of drug-likeness (QED) is 0.802. The van der Waals surface area contributed by atoms with Gasteiger partial charge in [0.05, 0.1) is 6.54 Å². The van der Waals surface area contributed by atoms with Crippen molar-refractivity contribution in [3.63, 3.8) is 0 Å². The molecule has 1 unspecified atom stereocenters. The predicted octanol–water partition coefficient (Wildman–Crippen LogP) is 3.49. The van der Waals surface area contributed by atoms with Crippen LogP contribution in [0.25, 0.3) is 0 Å². The molecule has 1 heterocycles. The monoisotopic (exact) mass is 345 g/mol. The average Bonchev–Trinajstić information content (AvgIpc) is 2.94. The van der Waals surface area contributed by atoms with Crippen LogP contribution in [0.1, 0.15) is 54.1 Å². The Balaban J connectivity index is 1.93. The summed E-state index contributed by atoms with van der Waals surface area (Å²) in [5.41, 5.74) is 1.23. The van der Waals surface area contributed by atoms with Gasteiger partial charge in [0.1, 0.15) is 22.8 Å². The molecule has 6 heteroatoms. The van der Waals surface area contributed by atoms with Crippen molar-refractivity contribution in [2.75, 3.05) is 0 Å². The van der Waals surface area contributed by atoms with Gasteiger partial charge in [-0.3, -0.25) is 4.79 Å². The van der Waals surface area contributed by atoms with E-state index < -0.39 is 12.1 Å². The highest BCUT2D eigenvalue weighted by Crippen LogP contribution is 2.21. The third-order valence-electron chi connectivity index (χ3n) is 3.84. The lowest BCUT2D eigenvalue weighted by molar-refractivity contribution is -0.127. The summed E-state index contributed by atoms with van der Waals surface area (Å²) in [5, 5.41) is 11.7. The average molecular weight is 345 g/mol. The van der Waals surface area contributed by atoms with Gasteiger partial charge in [-0.25, -0.2) is 4.79 Å². The SMILES string of the molecule is Cc1oc(CNC(=O)C(C)Oc2cccc(C(C)C)c2)cc1C(=O)O. The Hall–Kier alpha value is -2.76. The molecule has 0 spiro atoms. The largest absolute Gasteiger partial charge is 0.481 e. The topological polar surface area (TPSA) is 88.8 Å². The van der Waals surface area contributed by atoms with Gasteiger partial charge in [-0.05, 0) is 43.5 Å². The van der Waals surface area contributed by atoms with Gasteiger partial charge in [0.25, 0.3) is 5.91 Å². The minimum atomic E-state index is -1.06. The number of hydrogen-bond donors (Lipinski definition) is 2. The van der Waals surface area contributed by atoms with Gasteiger partial charge in [0, 0.05) is 0 Å². The molecule has 1 aromatic heterocycles. The molecule has 0 aliphatic rings. The lowest BCUT2D eigenvalue weighted by atomic mass is 10.0. The molecule has 0 aliphatic carbocycles. The molecule has 2 N–H and O–H groups in total. The van der Waals surface area contributed by atoms with E-state index in [2.05, 4.69) is 19.2 Å². The first kappa shape index (κ1) is 18.6. The second kappa shape index (κ2) is 7.88. The Kier molecular flexibility index (Phi) is 5.85. The molecule has 1 atom stereocenters. The second-order valence-electron chi connectivity index (χ2n) is 6.19. The highest BCUT2D eigenvalue weighted by Gasteiger charge is 2.17. The van der Waals surface area contributed by atoms with Gasteiger partial charge in [0.15, 0.2) is 6.10 Å². The van der Waals surface area contributed by atoms with Gasteiger partial charge in [-0.1, -0.05) is 26.0 Å². The van der Waals surface area contributed by atoms with Crippen molar-refractivity contribution >= 4 is 11.9 Å². The molecule has 0 bridgehead atoms. The maximum Gasteiger partial charge on any atom is 0.339 e. The van der Waals surface area contributed by atoms with Crippen LogP contribution in [0.15, 0.2) is 34.7 Å². The summed E-state index contributed by atoms with van der Waals surface area (Å²) in [6.45, 7) is 7.51. The van der Waals surface area contributed by atoms with Crippen molar-refractivity contribution in [3.8, 4) is 5.75 Å². The zero-order chi connectivity index (χ0) is 18.6. The fraction of sp³-hybridized carbons (Fsp3) is 0.368. The van der Waals surface area contributed by atoms with Crippen molar-refractivity contribution < 1.29 is 23.8 Å². The lowest BCUT2D eigenvalue weighted by Crippen LogP contribution is -2.35. The molecular weight excluding hydrogens is 322 g/mol. The van der Waals surface area contributed by atoms with Crippen LogP contribution in [0.4, 0.5) is 0 Å². The fourth-order valence-electron chi connectivity index (χ4n) is 2.37. The molecule has 6 nitrogen and oxygen atoms in total. The molecule has 134 valence electrons. The van der Waals surface area contributed by atoms with E-state index in [-0.39, 0.29) is 18.0 Å². The number of ether oxygens (including phenoxy) is 1. The minimum Gasteiger partial charge on any atom is -0.481 e. The van der Waals surface area contributed by atoms with Crippen LogP contribution in [0.5, 0.6) is 5.75 Å². The first-order valence-corrected chi connectivity index (χ1v) is 8.15. The minimum absolute atomic E-state index is 0.0963. The van der Waals surface area contributed by atoms with Crippen LogP contribution >= 0.6 is 0 Å². The number of carbonyl (C=O) groups excluding carboxylic acids is 1. The molecule has 0 fully saturated rings. The molecule has 1 aromatic carbocycles. The summed E-state index contributed by atoms with van der Waals surface area (Å²) >= 11 is 0. The molecule has 0 saturated carbocycles. The molecule has 2 rings (SSSR count). The van der Waals surface area contributed by atoms with E-state index in [1.165, 1.54) is 6.07 Å². The maximum absolute atomic E-state index is 12.2. The number of aryl methyl sites for hydroxylation is 1. The van der Waals surface area contributed by atoms with Gasteiger partial charge < -0.3 is 19.6 Å². The van der Waals surface area contributed by atoms with Gasteiger partial charge >= 0.3 is 5.97 Å². The smallest absolute Gasteiger partial charge is 0.339 e. The number of carboxylic acid groups (broad SMARTS) is 1. The Morgan fingerprint density at radius 3 is 2.56 bits per heavy atom. The van der Waals surface area contributed by atoms with Crippen LogP contribution in [-0.2, 0) is 11.3 Å². The van der Waals surface area contributed by atoms with Crippen molar-refractivity contribution in [1.29, 1.82) is 0 Å². The van der Waals surface area contributed by atoms with E-state index in [0.717, 1.165) is 5.56 Å². The highest BCUT2D eigenvalue weighted by atomic mass is 16.5. The van der Waals surface area contributed by atoms with Crippen LogP contribution in [-0.4, -0.2) is 23.1 Å².